The molecule has 1 saturated heterocycles. The molecule has 1 amide bonds. The highest BCUT2D eigenvalue weighted by molar-refractivity contribution is 5.82. The van der Waals surface area contributed by atoms with Crippen LogP contribution in [0.25, 0.3) is 0 Å². The van der Waals surface area contributed by atoms with Crippen LogP contribution in [0, 0.1) is 0 Å². The molecule has 0 aromatic heterocycles. The Labute approximate surface area is 80.3 Å². The summed E-state index contributed by atoms with van der Waals surface area (Å²) in [6.45, 7) is 5.06. The van der Waals surface area contributed by atoms with Crippen molar-refractivity contribution in [2.45, 2.75) is 51.6 Å². The van der Waals surface area contributed by atoms with Crippen LogP contribution in [0.15, 0.2) is 0 Å². The van der Waals surface area contributed by atoms with E-state index in [2.05, 4.69) is 13.8 Å². The van der Waals surface area contributed by atoms with Crippen LogP contribution >= 0.6 is 0 Å². The van der Waals surface area contributed by atoms with Gasteiger partial charge in [-0.2, -0.15) is 0 Å². The van der Waals surface area contributed by atoms with Crippen LogP contribution < -0.4 is 5.73 Å². The monoisotopic (exact) mass is 184 g/mol. The highest BCUT2D eigenvalue weighted by atomic mass is 16.2. The Morgan fingerprint density at radius 2 is 2.38 bits per heavy atom. The molecule has 1 aliphatic heterocycles. The fourth-order valence-electron chi connectivity index (χ4n) is 1.91. The summed E-state index contributed by atoms with van der Waals surface area (Å²) >= 11 is 0. The molecule has 76 valence electrons. The van der Waals surface area contributed by atoms with Crippen LogP contribution in [0.3, 0.4) is 0 Å². The average Bonchev–Trinajstić information content (AvgIpc) is 2.50. The predicted octanol–water partition coefficient (Wildman–Crippen LogP) is 1.12. The Kier molecular flexibility index (Phi) is 3.72. The first kappa shape index (κ1) is 10.5. The van der Waals surface area contributed by atoms with Gasteiger partial charge in [0.1, 0.15) is 0 Å². The van der Waals surface area contributed by atoms with E-state index >= 15 is 0 Å². The zero-order valence-corrected chi connectivity index (χ0v) is 8.62. The SMILES string of the molecule is CCC[C@@H](N)C(=O)N1CCCC1C. The van der Waals surface area contributed by atoms with Gasteiger partial charge in [-0.3, -0.25) is 4.79 Å². The summed E-state index contributed by atoms with van der Waals surface area (Å²) in [5.74, 6) is 0.145. The van der Waals surface area contributed by atoms with Crippen molar-refractivity contribution in [2.75, 3.05) is 6.54 Å². The summed E-state index contributed by atoms with van der Waals surface area (Å²) in [6, 6.07) is 0.126. The maximum atomic E-state index is 11.7. The van der Waals surface area contributed by atoms with Crippen molar-refractivity contribution in [3.63, 3.8) is 0 Å². The molecule has 1 unspecified atom stereocenters. The third-order valence-electron chi connectivity index (χ3n) is 2.75. The van der Waals surface area contributed by atoms with E-state index in [-0.39, 0.29) is 11.9 Å². The van der Waals surface area contributed by atoms with Gasteiger partial charge in [0.15, 0.2) is 0 Å². The summed E-state index contributed by atoms with van der Waals surface area (Å²) in [5.41, 5.74) is 5.78. The number of hydrogen-bond donors (Lipinski definition) is 1. The first-order valence-corrected chi connectivity index (χ1v) is 5.23. The standard InChI is InChI=1S/C10H20N2O/c1-3-5-9(11)10(13)12-7-4-6-8(12)2/h8-9H,3-7,11H2,1-2H3/t8?,9-/m1/s1. The largest absolute Gasteiger partial charge is 0.339 e. The summed E-state index contributed by atoms with van der Waals surface area (Å²) in [6.07, 6.45) is 4.05. The molecule has 1 rings (SSSR count). The van der Waals surface area contributed by atoms with E-state index < -0.39 is 0 Å². The molecular formula is C10H20N2O. The highest BCUT2D eigenvalue weighted by Crippen LogP contribution is 2.17. The van der Waals surface area contributed by atoms with Gasteiger partial charge < -0.3 is 10.6 Å². The van der Waals surface area contributed by atoms with E-state index in [0.29, 0.717) is 6.04 Å². The summed E-state index contributed by atoms with van der Waals surface area (Å²) in [5, 5.41) is 0. The molecule has 2 N–H and O–H groups in total. The maximum Gasteiger partial charge on any atom is 0.239 e. The van der Waals surface area contributed by atoms with Gasteiger partial charge in [-0.15, -0.1) is 0 Å². The van der Waals surface area contributed by atoms with E-state index in [1.165, 1.54) is 0 Å². The Morgan fingerprint density at radius 3 is 2.85 bits per heavy atom. The van der Waals surface area contributed by atoms with E-state index in [1.54, 1.807) is 0 Å². The van der Waals surface area contributed by atoms with Gasteiger partial charge in [0.05, 0.1) is 6.04 Å². The predicted molar refractivity (Wildman–Crippen MR) is 53.3 cm³/mol. The van der Waals surface area contributed by atoms with Crippen molar-refractivity contribution in [2.24, 2.45) is 5.73 Å². The molecule has 0 aromatic rings. The van der Waals surface area contributed by atoms with Crippen LogP contribution in [-0.2, 0) is 4.79 Å². The minimum Gasteiger partial charge on any atom is -0.339 e. The molecule has 1 fully saturated rings. The quantitative estimate of drug-likeness (QED) is 0.714. The van der Waals surface area contributed by atoms with Gasteiger partial charge in [0, 0.05) is 12.6 Å². The zero-order valence-electron chi connectivity index (χ0n) is 8.62. The van der Waals surface area contributed by atoms with Crippen molar-refractivity contribution < 1.29 is 4.79 Å². The number of hydrogen-bond acceptors (Lipinski definition) is 2. The zero-order chi connectivity index (χ0) is 9.84. The van der Waals surface area contributed by atoms with Crippen molar-refractivity contribution in [1.82, 2.24) is 4.90 Å². The van der Waals surface area contributed by atoms with Gasteiger partial charge in [-0.1, -0.05) is 13.3 Å². The molecular weight excluding hydrogens is 164 g/mol. The molecule has 0 radical (unpaired) electrons. The Bertz CT molecular complexity index is 182. The average molecular weight is 184 g/mol. The normalized spacial score (nSPS) is 24.8. The lowest BCUT2D eigenvalue weighted by Gasteiger charge is -2.24. The lowest BCUT2D eigenvalue weighted by molar-refractivity contribution is -0.133. The maximum absolute atomic E-state index is 11.7. The topological polar surface area (TPSA) is 46.3 Å². The van der Waals surface area contributed by atoms with Crippen molar-refractivity contribution in [3.05, 3.63) is 0 Å². The van der Waals surface area contributed by atoms with Gasteiger partial charge in [-0.05, 0) is 26.2 Å². The first-order chi connectivity index (χ1) is 6.16. The molecule has 13 heavy (non-hydrogen) atoms. The van der Waals surface area contributed by atoms with Crippen molar-refractivity contribution >= 4 is 5.91 Å². The number of nitrogens with two attached hydrogens (primary N) is 1. The fraction of sp³-hybridized carbons (Fsp3) is 0.900. The molecule has 3 heteroatoms. The summed E-state index contributed by atoms with van der Waals surface area (Å²) < 4.78 is 0. The minimum absolute atomic E-state index is 0.145. The van der Waals surface area contributed by atoms with E-state index in [1.807, 2.05) is 4.90 Å². The fourth-order valence-corrected chi connectivity index (χ4v) is 1.91. The Morgan fingerprint density at radius 1 is 1.69 bits per heavy atom. The van der Waals surface area contributed by atoms with Crippen LogP contribution in [0.5, 0.6) is 0 Å². The van der Waals surface area contributed by atoms with Crippen molar-refractivity contribution in [1.29, 1.82) is 0 Å². The van der Waals surface area contributed by atoms with Crippen LogP contribution in [0.2, 0.25) is 0 Å². The second-order valence-electron chi connectivity index (χ2n) is 3.92. The molecule has 0 spiro atoms. The first-order valence-electron chi connectivity index (χ1n) is 5.23. The van der Waals surface area contributed by atoms with Gasteiger partial charge in [0.25, 0.3) is 0 Å². The minimum atomic E-state index is -0.273. The molecule has 0 bridgehead atoms. The lowest BCUT2D eigenvalue weighted by Crippen LogP contribution is -2.45. The number of likely N-dealkylation sites (tertiary alicyclic amines) is 1. The van der Waals surface area contributed by atoms with Gasteiger partial charge in [0.2, 0.25) is 5.91 Å². The molecule has 3 nitrogen and oxygen atoms in total. The van der Waals surface area contributed by atoms with Crippen LogP contribution in [0.1, 0.15) is 39.5 Å². The van der Waals surface area contributed by atoms with Gasteiger partial charge >= 0.3 is 0 Å². The molecule has 1 aliphatic rings. The molecule has 2 atom stereocenters. The number of carbonyl (C=O) groups is 1. The number of carbonyl (C=O) groups excluding carboxylic acids is 1. The summed E-state index contributed by atoms with van der Waals surface area (Å²) in [7, 11) is 0. The number of nitrogens with zero attached hydrogens (tertiary/aromatic N) is 1. The Hall–Kier alpha value is -0.570. The van der Waals surface area contributed by atoms with E-state index in [4.69, 9.17) is 5.73 Å². The lowest BCUT2D eigenvalue weighted by atomic mass is 10.1. The molecule has 0 aromatic carbocycles. The number of rotatable bonds is 3. The van der Waals surface area contributed by atoms with Crippen molar-refractivity contribution in [3.8, 4) is 0 Å². The highest BCUT2D eigenvalue weighted by Gasteiger charge is 2.28. The molecule has 0 aliphatic carbocycles. The summed E-state index contributed by atoms with van der Waals surface area (Å²) in [4.78, 5) is 13.7. The van der Waals surface area contributed by atoms with E-state index in [9.17, 15) is 4.79 Å². The third kappa shape index (κ3) is 2.44. The third-order valence-corrected chi connectivity index (χ3v) is 2.75. The number of amides is 1. The molecule has 1 heterocycles. The molecule has 0 saturated carbocycles. The Balaban J connectivity index is 2.46. The van der Waals surface area contributed by atoms with Crippen LogP contribution in [-0.4, -0.2) is 29.4 Å². The van der Waals surface area contributed by atoms with Crippen LogP contribution in [0.4, 0.5) is 0 Å². The second-order valence-corrected chi connectivity index (χ2v) is 3.92. The second kappa shape index (κ2) is 4.61. The smallest absolute Gasteiger partial charge is 0.239 e. The van der Waals surface area contributed by atoms with E-state index in [0.717, 1.165) is 32.2 Å². The van der Waals surface area contributed by atoms with Gasteiger partial charge in [-0.25, -0.2) is 0 Å².